The number of unbranched alkanes of at least 4 members (excludes halogenated alkanes) is 1. The molecular formula is C15H18Br2N2OS. The van der Waals surface area contributed by atoms with Crippen LogP contribution in [0, 0.1) is 13.8 Å². The van der Waals surface area contributed by atoms with E-state index in [4.69, 9.17) is 0 Å². The van der Waals surface area contributed by atoms with Gasteiger partial charge >= 0.3 is 0 Å². The van der Waals surface area contributed by atoms with Crippen molar-refractivity contribution >= 4 is 64.5 Å². The molecule has 0 fully saturated rings. The second kappa shape index (κ2) is 7.20. The Labute approximate surface area is 145 Å². The van der Waals surface area contributed by atoms with Gasteiger partial charge in [0.2, 0.25) is 5.91 Å². The number of nitrogens with one attached hydrogen (secondary N) is 1. The number of nitrogens with zero attached hydrogens (tertiary/aromatic N) is 1. The summed E-state index contributed by atoms with van der Waals surface area (Å²) in [5, 5.41) is 3.57. The van der Waals surface area contributed by atoms with Crippen molar-refractivity contribution in [2.75, 3.05) is 5.32 Å². The van der Waals surface area contributed by atoms with E-state index in [2.05, 4.69) is 69.0 Å². The van der Waals surface area contributed by atoms with Gasteiger partial charge in [0.25, 0.3) is 0 Å². The topological polar surface area (TPSA) is 42.0 Å². The van der Waals surface area contributed by atoms with Gasteiger partial charge in [0.05, 0.1) is 15.0 Å². The highest BCUT2D eigenvalue weighted by atomic mass is 79.9. The number of thiazole rings is 1. The van der Waals surface area contributed by atoms with Crippen LogP contribution in [0.15, 0.2) is 10.5 Å². The SMILES string of the molecule is CCCCC(Br)C(=O)Nc1nc2c(Br)cc(C)c(C)c2s1. The summed E-state index contributed by atoms with van der Waals surface area (Å²) < 4.78 is 2.09. The van der Waals surface area contributed by atoms with Gasteiger partial charge in [-0.1, -0.05) is 47.0 Å². The molecule has 2 rings (SSSR count). The summed E-state index contributed by atoms with van der Waals surface area (Å²) in [5.74, 6) is -0.0204. The van der Waals surface area contributed by atoms with Crippen LogP contribution in [0.1, 0.15) is 37.3 Å². The summed E-state index contributed by atoms with van der Waals surface area (Å²) in [7, 11) is 0. The van der Waals surface area contributed by atoms with Crippen LogP contribution in [-0.4, -0.2) is 15.7 Å². The van der Waals surface area contributed by atoms with Gasteiger partial charge in [-0.05, 0) is 53.4 Å². The number of alkyl halides is 1. The molecule has 0 radical (unpaired) electrons. The molecule has 0 bridgehead atoms. The van der Waals surface area contributed by atoms with E-state index in [1.165, 1.54) is 22.5 Å². The minimum absolute atomic E-state index is 0.0204. The van der Waals surface area contributed by atoms with E-state index >= 15 is 0 Å². The molecule has 0 saturated carbocycles. The van der Waals surface area contributed by atoms with Crippen molar-refractivity contribution in [2.24, 2.45) is 0 Å². The van der Waals surface area contributed by atoms with Crippen molar-refractivity contribution < 1.29 is 4.79 Å². The van der Waals surface area contributed by atoms with Gasteiger partial charge in [-0.15, -0.1) is 0 Å². The van der Waals surface area contributed by atoms with Crippen molar-refractivity contribution in [2.45, 2.75) is 44.9 Å². The van der Waals surface area contributed by atoms with E-state index in [0.29, 0.717) is 5.13 Å². The number of hydrogen-bond acceptors (Lipinski definition) is 3. The average Bonchev–Trinajstić information content (AvgIpc) is 2.86. The number of aromatic nitrogens is 1. The molecular weight excluding hydrogens is 416 g/mol. The monoisotopic (exact) mass is 432 g/mol. The Morgan fingerprint density at radius 1 is 1.48 bits per heavy atom. The molecule has 6 heteroatoms. The van der Waals surface area contributed by atoms with Crippen LogP contribution in [0.5, 0.6) is 0 Å². The predicted molar refractivity (Wildman–Crippen MR) is 97.7 cm³/mol. The molecule has 0 aliphatic carbocycles. The molecule has 0 saturated heterocycles. The summed E-state index contributed by atoms with van der Waals surface area (Å²) in [6, 6.07) is 2.07. The zero-order chi connectivity index (χ0) is 15.6. The molecule has 0 aliphatic heterocycles. The van der Waals surface area contributed by atoms with E-state index in [1.807, 2.05) is 0 Å². The normalized spacial score (nSPS) is 12.6. The van der Waals surface area contributed by atoms with Crippen molar-refractivity contribution in [3.63, 3.8) is 0 Å². The second-order valence-corrected chi connectivity index (χ2v) is 8.05. The lowest BCUT2D eigenvalue weighted by Crippen LogP contribution is -2.22. The number of aryl methyl sites for hydroxylation is 2. The third-order valence-corrected chi connectivity index (χ3v) is 6.02. The van der Waals surface area contributed by atoms with Crippen LogP contribution in [-0.2, 0) is 4.79 Å². The fraction of sp³-hybridized carbons (Fsp3) is 0.467. The van der Waals surface area contributed by atoms with Gasteiger partial charge in [0.15, 0.2) is 5.13 Å². The molecule has 3 nitrogen and oxygen atoms in total. The van der Waals surface area contributed by atoms with E-state index in [-0.39, 0.29) is 10.7 Å². The standard InChI is InChI=1S/C15H18Br2N2OS/c1-4-5-6-10(16)14(20)19-15-18-12-11(17)7-8(2)9(3)13(12)21-15/h7,10H,4-6H2,1-3H3,(H,18,19,20). The first-order chi connectivity index (χ1) is 9.93. The summed E-state index contributed by atoms with van der Waals surface area (Å²) in [6.45, 7) is 6.28. The van der Waals surface area contributed by atoms with Gasteiger partial charge in [0, 0.05) is 4.47 Å². The van der Waals surface area contributed by atoms with Gasteiger partial charge in [-0.2, -0.15) is 0 Å². The van der Waals surface area contributed by atoms with Gasteiger partial charge in [0.1, 0.15) is 0 Å². The van der Waals surface area contributed by atoms with Crippen LogP contribution in [0.25, 0.3) is 10.2 Å². The van der Waals surface area contributed by atoms with E-state index in [0.717, 1.165) is 34.0 Å². The Balaban J connectivity index is 2.22. The van der Waals surface area contributed by atoms with Crippen molar-refractivity contribution in [3.05, 3.63) is 21.7 Å². The molecule has 0 spiro atoms. The van der Waals surface area contributed by atoms with Crippen LogP contribution < -0.4 is 5.32 Å². The Morgan fingerprint density at radius 3 is 2.86 bits per heavy atom. The van der Waals surface area contributed by atoms with Crippen LogP contribution >= 0.6 is 43.2 Å². The number of halogens is 2. The smallest absolute Gasteiger partial charge is 0.239 e. The van der Waals surface area contributed by atoms with E-state index in [9.17, 15) is 4.79 Å². The number of carbonyl (C=O) groups is 1. The third-order valence-electron chi connectivity index (χ3n) is 3.45. The van der Waals surface area contributed by atoms with E-state index in [1.54, 1.807) is 0 Å². The number of rotatable bonds is 5. The first-order valence-corrected chi connectivity index (χ1v) is 9.47. The number of amides is 1. The summed E-state index contributed by atoms with van der Waals surface area (Å²) in [4.78, 5) is 16.5. The molecule has 114 valence electrons. The highest BCUT2D eigenvalue weighted by molar-refractivity contribution is 9.10. The largest absolute Gasteiger partial charge is 0.301 e. The predicted octanol–water partition coefficient (Wildman–Crippen LogP) is 5.57. The first kappa shape index (κ1) is 16.9. The molecule has 1 amide bonds. The molecule has 21 heavy (non-hydrogen) atoms. The molecule has 1 N–H and O–H groups in total. The maximum Gasteiger partial charge on any atom is 0.239 e. The quantitative estimate of drug-likeness (QED) is 0.626. The van der Waals surface area contributed by atoms with Crippen LogP contribution in [0.3, 0.4) is 0 Å². The Bertz CT molecular complexity index is 669. The number of fused-ring (bicyclic) bond motifs is 1. The number of benzene rings is 1. The highest BCUT2D eigenvalue weighted by Crippen LogP contribution is 2.35. The maximum absolute atomic E-state index is 12.1. The zero-order valence-electron chi connectivity index (χ0n) is 12.3. The highest BCUT2D eigenvalue weighted by Gasteiger charge is 2.17. The van der Waals surface area contributed by atoms with E-state index < -0.39 is 0 Å². The molecule has 1 aromatic heterocycles. The van der Waals surface area contributed by atoms with Crippen molar-refractivity contribution in [1.82, 2.24) is 4.98 Å². The average molecular weight is 434 g/mol. The lowest BCUT2D eigenvalue weighted by Gasteiger charge is -2.07. The Hall–Kier alpha value is -0.460. The fourth-order valence-corrected chi connectivity index (χ4v) is 4.28. The third kappa shape index (κ3) is 3.85. The Morgan fingerprint density at radius 2 is 2.19 bits per heavy atom. The Kier molecular flexibility index (Phi) is 5.80. The van der Waals surface area contributed by atoms with Crippen LogP contribution in [0.2, 0.25) is 0 Å². The van der Waals surface area contributed by atoms with Gasteiger partial charge in [-0.25, -0.2) is 4.98 Å². The minimum Gasteiger partial charge on any atom is -0.301 e. The molecule has 1 aromatic carbocycles. The zero-order valence-corrected chi connectivity index (χ0v) is 16.3. The summed E-state index contributed by atoms with van der Waals surface area (Å²) in [6.07, 6.45) is 2.96. The molecule has 1 heterocycles. The summed E-state index contributed by atoms with van der Waals surface area (Å²) >= 11 is 8.52. The number of anilines is 1. The van der Waals surface area contributed by atoms with Crippen LogP contribution in [0.4, 0.5) is 5.13 Å². The lowest BCUT2D eigenvalue weighted by atomic mass is 10.1. The molecule has 1 unspecified atom stereocenters. The van der Waals surface area contributed by atoms with Gasteiger partial charge < -0.3 is 5.32 Å². The maximum atomic E-state index is 12.1. The van der Waals surface area contributed by atoms with Gasteiger partial charge in [-0.3, -0.25) is 4.79 Å². The lowest BCUT2D eigenvalue weighted by molar-refractivity contribution is -0.115. The molecule has 1 atom stereocenters. The molecule has 0 aliphatic rings. The molecule has 2 aromatic rings. The second-order valence-electron chi connectivity index (χ2n) is 5.10. The number of carbonyl (C=O) groups excluding carboxylic acids is 1. The fourth-order valence-electron chi connectivity index (χ4n) is 2.03. The minimum atomic E-state index is -0.157. The van der Waals surface area contributed by atoms with Crippen molar-refractivity contribution in [1.29, 1.82) is 0 Å². The first-order valence-electron chi connectivity index (χ1n) is 6.95. The van der Waals surface area contributed by atoms with Crippen molar-refractivity contribution in [3.8, 4) is 0 Å². The number of hydrogen-bond donors (Lipinski definition) is 1. The summed E-state index contributed by atoms with van der Waals surface area (Å²) in [5.41, 5.74) is 3.35.